The first kappa shape index (κ1) is 10.4. The molecule has 82 valence electrons. The van der Waals surface area contributed by atoms with E-state index in [-0.39, 0.29) is 17.5 Å². The summed E-state index contributed by atoms with van der Waals surface area (Å²) < 4.78 is 11.0. The zero-order valence-electron chi connectivity index (χ0n) is 9.16. The number of furan rings is 1. The largest absolute Gasteiger partial charge is 0.472 e. The maximum atomic E-state index is 11.1. The minimum atomic E-state index is -0.284. The number of carbonyl (C=O) groups excluding carboxylic acids is 1. The van der Waals surface area contributed by atoms with Crippen LogP contribution in [0.1, 0.15) is 44.8 Å². The lowest BCUT2D eigenvalue weighted by Crippen LogP contribution is -2.26. The molecule has 3 heteroatoms. The third-order valence-electron chi connectivity index (χ3n) is 2.90. The van der Waals surface area contributed by atoms with E-state index in [9.17, 15) is 4.79 Å². The molecule has 3 nitrogen and oxygen atoms in total. The fourth-order valence-corrected chi connectivity index (χ4v) is 2.25. The molecule has 1 saturated heterocycles. The number of Topliss-reactive ketones (excluding diaryl/α,β-unsaturated/α-hetero) is 1. The van der Waals surface area contributed by atoms with Crippen LogP contribution in [0, 0.1) is 0 Å². The molecule has 0 saturated carbocycles. The molecule has 2 atom stereocenters. The molecule has 0 N–H and O–H groups in total. The average Bonchev–Trinajstić information content (AvgIpc) is 2.71. The quantitative estimate of drug-likeness (QED) is 0.766. The highest BCUT2D eigenvalue weighted by molar-refractivity contribution is 5.76. The second-order valence-corrected chi connectivity index (χ2v) is 4.53. The monoisotopic (exact) mass is 208 g/mol. The van der Waals surface area contributed by atoms with Crippen LogP contribution >= 0.6 is 0 Å². The Morgan fingerprint density at radius 2 is 2.47 bits per heavy atom. The van der Waals surface area contributed by atoms with Gasteiger partial charge in [0, 0.05) is 12.0 Å². The van der Waals surface area contributed by atoms with Gasteiger partial charge in [0.2, 0.25) is 0 Å². The fraction of sp³-hybridized carbons (Fsp3) is 0.583. The van der Waals surface area contributed by atoms with Crippen LogP contribution in [-0.4, -0.2) is 11.4 Å². The minimum absolute atomic E-state index is 0.0908. The van der Waals surface area contributed by atoms with Crippen molar-refractivity contribution in [2.75, 3.05) is 0 Å². The zero-order valence-corrected chi connectivity index (χ0v) is 9.16. The van der Waals surface area contributed by atoms with Crippen molar-refractivity contribution in [1.29, 1.82) is 0 Å². The van der Waals surface area contributed by atoms with Gasteiger partial charge in [-0.25, -0.2) is 0 Å². The molecule has 1 aliphatic heterocycles. The van der Waals surface area contributed by atoms with E-state index < -0.39 is 0 Å². The van der Waals surface area contributed by atoms with Gasteiger partial charge in [-0.3, -0.25) is 4.79 Å². The van der Waals surface area contributed by atoms with Crippen molar-refractivity contribution in [2.45, 2.75) is 44.8 Å². The topological polar surface area (TPSA) is 39.4 Å². The molecular weight excluding hydrogens is 192 g/mol. The minimum Gasteiger partial charge on any atom is -0.472 e. The van der Waals surface area contributed by atoms with Gasteiger partial charge in [-0.15, -0.1) is 0 Å². The summed E-state index contributed by atoms with van der Waals surface area (Å²) in [6.07, 6.45) is 5.85. The maximum Gasteiger partial charge on any atom is 0.132 e. The third kappa shape index (κ3) is 2.29. The van der Waals surface area contributed by atoms with Gasteiger partial charge in [0.15, 0.2) is 0 Å². The summed E-state index contributed by atoms with van der Waals surface area (Å²) in [7, 11) is 0. The number of rotatable bonds is 3. The van der Waals surface area contributed by atoms with Gasteiger partial charge in [0.25, 0.3) is 0 Å². The molecule has 0 bridgehead atoms. The Bertz CT molecular complexity index is 342. The van der Waals surface area contributed by atoms with E-state index in [2.05, 4.69) is 0 Å². The van der Waals surface area contributed by atoms with Crippen molar-refractivity contribution in [3.05, 3.63) is 24.2 Å². The van der Waals surface area contributed by atoms with Crippen molar-refractivity contribution in [1.82, 2.24) is 0 Å². The third-order valence-corrected chi connectivity index (χ3v) is 2.90. The average molecular weight is 208 g/mol. The van der Waals surface area contributed by atoms with Crippen LogP contribution < -0.4 is 0 Å². The van der Waals surface area contributed by atoms with Gasteiger partial charge >= 0.3 is 0 Å². The second-order valence-electron chi connectivity index (χ2n) is 4.53. The molecule has 0 aromatic carbocycles. The van der Waals surface area contributed by atoms with E-state index >= 15 is 0 Å². The van der Waals surface area contributed by atoms with E-state index in [1.807, 2.05) is 13.0 Å². The Balaban J connectivity index is 2.03. The Morgan fingerprint density at radius 3 is 3.07 bits per heavy atom. The summed E-state index contributed by atoms with van der Waals surface area (Å²) in [6, 6.07) is 1.92. The van der Waals surface area contributed by atoms with Crippen molar-refractivity contribution in [3.8, 4) is 0 Å². The molecule has 0 spiro atoms. The van der Waals surface area contributed by atoms with E-state index in [1.54, 1.807) is 19.5 Å². The Labute approximate surface area is 89.4 Å². The van der Waals surface area contributed by atoms with E-state index in [0.717, 1.165) is 18.4 Å². The normalized spacial score (nSPS) is 30.7. The van der Waals surface area contributed by atoms with Crippen LogP contribution in [0.4, 0.5) is 0 Å². The smallest absolute Gasteiger partial charge is 0.132 e. The molecule has 2 heterocycles. The summed E-state index contributed by atoms with van der Waals surface area (Å²) in [5.74, 6) is 0.186. The SMILES string of the molecule is CC(=O)C[C@@]1(C)CC[C@@H](c2ccoc2)O1. The van der Waals surface area contributed by atoms with Gasteiger partial charge in [-0.05, 0) is 32.8 Å². The highest BCUT2D eigenvalue weighted by Crippen LogP contribution is 2.41. The van der Waals surface area contributed by atoms with Crippen LogP contribution in [0.15, 0.2) is 23.0 Å². The molecule has 0 aliphatic carbocycles. The van der Waals surface area contributed by atoms with Crippen LogP contribution in [0.25, 0.3) is 0 Å². The molecule has 1 aliphatic rings. The number of hydrogen-bond donors (Lipinski definition) is 0. The van der Waals surface area contributed by atoms with E-state index in [4.69, 9.17) is 9.15 Å². The van der Waals surface area contributed by atoms with Gasteiger partial charge < -0.3 is 9.15 Å². The van der Waals surface area contributed by atoms with E-state index in [0.29, 0.717) is 6.42 Å². The number of ether oxygens (including phenoxy) is 1. The van der Waals surface area contributed by atoms with Crippen LogP contribution in [-0.2, 0) is 9.53 Å². The highest BCUT2D eigenvalue weighted by Gasteiger charge is 2.37. The lowest BCUT2D eigenvalue weighted by Gasteiger charge is -2.23. The summed E-state index contributed by atoms with van der Waals surface area (Å²) in [6.45, 7) is 3.62. The molecule has 0 unspecified atom stereocenters. The molecular formula is C12H16O3. The Kier molecular flexibility index (Phi) is 2.65. The van der Waals surface area contributed by atoms with Crippen molar-refractivity contribution < 1.29 is 13.9 Å². The highest BCUT2D eigenvalue weighted by atomic mass is 16.5. The van der Waals surface area contributed by atoms with E-state index in [1.165, 1.54) is 0 Å². The number of carbonyl (C=O) groups is 1. The molecule has 0 amide bonds. The maximum absolute atomic E-state index is 11.1. The lowest BCUT2D eigenvalue weighted by molar-refractivity contribution is -0.123. The zero-order chi connectivity index (χ0) is 10.9. The van der Waals surface area contributed by atoms with Gasteiger partial charge in [0.1, 0.15) is 5.78 Å². The Hall–Kier alpha value is -1.09. The molecule has 1 fully saturated rings. The predicted molar refractivity (Wildman–Crippen MR) is 55.5 cm³/mol. The molecule has 15 heavy (non-hydrogen) atoms. The van der Waals surface area contributed by atoms with Gasteiger partial charge in [-0.2, -0.15) is 0 Å². The summed E-state index contributed by atoms with van der Waals surface area (Å²) in [4.78, 5) is 11.1. The number of hydrogen-bond acceptors (Lipinski definition) is 3. The van der Waals surface area contributed by atoms with Crippen molar-refractivity contribution >= 4 is 5.78 Å². The predicted octanol–water partition coefficient (Wildman–Crippen LogP) is 2.87. The second kappa shape index (κ2) is 3.81. The summed E-state index contributed by atoms with van der Waals surface area (Å²) in [5, 5.41) is 0. The molecule has 1 aromatic heterocycles. The Morgan fingerprint density at radius 1 is 1.67 bits per heavy atom. The van der Waals surface area contributed by atoms with Crippen molar-refractivity contribution in [3.63, 3.8) is 0 Å². The first-order chi connectivity index (χ1) is 7.09. The molecule has 1 aromatic rings. The first-order valence-corrected chi connectivity index (χ1v) is 5.28. The van der Waals surface area contributed by atoms with Crippen LogP contribution in [0.2, 0.25) is 0 Å². The number of ketones is 1. The van der Waals surface area contributed by atoms with Crippen molar-refractivity contribution in [2.24, 2.45) is 0 Å². The fourth-order valence-electron chi connectivity index (χ4n) is 2.25. The van der Waals surface area contributed by atoms with Gasteiger partial charge in [0.05, 0.1) is 24.2 Å². The summed E-state index contributed by atoms with van der Waals surface area (Å²) >= 11 is 0. The summed E-state index contributed by atoms with van der Waals surface area (Å²) in [5.41, 5.74) is 0.788. The molecule has 2 rings (SSSR count). The lowest BCUT2D eigenvalue weighted by atomic mass is 9.96. The van der Waals surface area contributed by atoms with Crippen LogP contribution in [0.3, 0.4) is 0 Å². The van der Waals surface area contributed by atoms with Crippen LogP contribution in [0.5, 0.6) is 0 Å². The molecule has 0 radical (unpaired) electrons. The first-order valence-electron chi connectivity index (χ1n) is 5.28. The standard InChI is InChI=1S/C12H16O3/c1-9(13)7-12(2)5-3-11(15-12)10-4-6-14-8-10/h4,6,8,11H,3,5,7H2,1-2H3/t11-,12+/m0/s1. The van der Waals surface area contributed by atoms with Gasteiger partial charge in [-0.1, -0.05) is 0 Å².